The van der Waals surface area contributed by atoms with Gasteiger partial charge in [0.2, 0.25) is 0 Å². The summed E-state index contributed by atoms with van der Waals surface area (Å²) in [5.74, 6) is 1.39. The first-order valence-corrected chi connectivity index (χ1v) is 15.7. The zero-order chi connectivity index (χ0) is 27.0. The summed E-state index contributed by atoms with van der Waals surface area (Å²) in [5, 5.41) is 9.53. The van der Waals surface area contributed by atoms with E-state index in [4.69, 9.17) is 4.52 Å². The molecule has 1 aliphatic heterocycles. The summed E-state index contributed by atoms with van der Waals surface area (Å²) in [6.45, 7) is 6.94. The third-order valence-electron chi connectivity index (χ3n) is 6.62. The molecule has 5 aromatic heterocycles. The molecule has 6 heterocycles. The van der Waals surface area contributed by atoms with Crippen molar-refractivity contribution in [3.63, 3.8) is 0 Å². The Bertz CT molecular complexity index is 1690. The standard InChI is InChI=1S/C26H27N7O3S3/c1-17-12-21(36-31-17)22-5-6-23(38-22)39(34,35)33-10-8-32(9-11-33)14-18(2)30-26-25-24(28-16-29-26)20(15-37-25)19-4-3-7-27-13-19/h3-7,12-13,15-16,18H,8-11,14H2,1-2H3,(H,28,29,30)/t18-/m0/s1. The number of fused-ring (bicyclic) bond motifs is 1. The average Bonchev–Trinajstić information content (AvgIpc) is 3.70. The molecule has 1 atom stereocenters. The summed E-state index contributed by atoms with van der Waals surface area (Å²) >= 11 is 2.83. The number of nitrogens with one attached hydrogen (secondary N) is 1. The van der Waals surface area contributed by atoms with Crippen molar-refractivity contribution in [3.8, 4) is 21.8 Å². The molecular formula is C26H27N7O3S3. The molecule has 0 unspecified atom stereocenters. The van der Waals surface area contributed by atoms with Gasteiger partial charge in [-0.1, -0.05) is 11.2 Å². The van der Waals surface area contributed by atoms with Crippen LogP contribution in [0, 0.1) is 6.92 Å². The van der Waals surface area contributed by atoms with Crippen molar-refractivity contribution in [1.82, 2.24) is 29.3 Å². The maximum atomic E-state index is 13.3. The van der Waals surface area contributed by atoms with E-state index < -0.39 is 10.0 Å². The van der Waals surface area contributed by atoms with E-state index in [9.17, 15) is 8.42 Å². The smallest absolute Gasteiger partial charge is 0.252 e. The van der Waals surface area contributed by atoms with Gasteiger partial charge in [-0.25, -0.2) is 18.4 Å². The number of hydrogen-bond acceptors (Lipinski definition) is 11. The molecule has 5 aromatic rings. The Hall–Kier alpha value is -3.23. The number of aromatic nitrogens is 4. The van der Waals surface area contributed by atoms with Crippen LogP contribution in [-0.2, 0) is 10.0 Å². The molecule has 1 saturated heterocycles. The second-order valence-corrected chi connectivity index (χ2v) is 13.6. The summed E-state index contributed by atoms with van der Waals surface area (Å²) in [6.07, 6.45) is 5.19. The summed E-state index contributed by atoms with van der Waals surface area (Å²) < 4.78 is 34.8. The Morgan fingerprint density at radius 1 is 1.15 bits per heavy atom. The van der Waals surface area contributed by atoms with E-state index in [2.05, 4.69) is 42.6 Å². The molecule has 0 amide bonds. The Morgan fingerprint density at radius 2 is 2.00 bits per heavy atom. The molecule has 10 nitrogen and oxygen atoms in total. The monoisotopic (exact) mass is 581 g/mol. The van der Waals surface area contributed by atoms with Crippen molar-refractivity contribution in [1.29, 1.82) is 0 Å². The minimum atomic E-state index is -3.56. The highest BCUT2D eigenvalue weighted by Crippen LogP contribution is 2.36. The van der Waals surface area contributed by atoms with E-state index in [1.807, 2.05) is 25.3 Å². The van der Waals surface area contributed by atoms with Crippen LogP contribution < -0.4 is 5.32 Å². The van der Waals surface area contributed by atoms with Crippen LogP contribution in [0.25, 0.3) is 32.0 Å². The van der Waals surface area contributed by atoms with Crippen LogP contribution in [0.5, 0.6) is 0 Å². The molecule has 1 N–H and O–H groups in total. The van der Waals surface area contributed by atoms with Crippen LogP contribution in [0.1, 0.15) is 12.6 Å². The van der Waals surface area contributed by atoms with Crippen LogP contribution in [0.3, 0.4) is 0 Å². The van der Waals surface area contributed by atoms with Crippen molar-refractivity contribution in [2.45, 2.75) is 24.1 Å². The molecule has 1 fully saturated rings. The molecule has 0 radical (unpaired) electrons. The predicted molar refractivity (Wildman–Crippen MR) is 153 cm³/mol. The molecule has 6 rings (SSSR count). The molecule has 0 aliphatic carbocycles. The largest absolute Gasteiger partial charge is 0.365 e. The minimum absolute atomic E-state index is 0.111. The van der Waals surface area contributed by atoms with Gasteiger partial charge in [-0.3, -0.25) is 9.88 Å². The van der Waals surface area contributed by atoms with Gasteiger partial charge < -0.3 is 9.84 Å². The van der Waals surface area contributed by atoms with Crippen molar-refractivity contribution < 1.29 is 12.9 Å². The van der Waals surface area contributed by atoms with E-state index >= 15 is 0 Å². The summed E-state index contributed by atoms with van der Waals surface area (Å²) in [4.78, 5) is 16.3. The summed E-state index contributed by atoms with van der Waals surface area (Å²) in [6, 6.07) is 9.29. The van der Waals surface area contributed by atoms with Gasteiger partial charge in [0.05, 0.1) is 20.8 Å². The topological polar surface area (TPSA) is 117 Å². The zero-order valence-corrected chi connectivity index (χ0v) is 23.9. The highest BCUT2D eigenvalue weighted by molar-refractivity contribution is 7.91. The van der Waals surface area contributed by atoms with Gasteiger partial charge in [0.15, 0.2) is 5.76 Å². The third kappa shape index (κ3) is 5.32. The lowest BCUT2D eigenvalue weighted by Gasteiger charge is -2.35. The lowest BCUT2D eigenvalue weighted by Crippen LogP contribution is -2.50. The first-order chi connectivity index (χ1) is 18.9. The van der Waals surface area contributed by atoms with Gasteiger partial charge in [0, 0.05) is 73.7 Å². The Balaban J connectivity index is 1.07. The van der Waals surface area contributed by atoms with Gasteiger partial charge in [-0.2, -0.15) is 4.31 Å². The van der Waals surface area contributed by atoms with Gasteiger partial charge in [0.1, 0.15) is 16.4 Å². The molecular weight excluding hydrogens is 555 g/mol. The van der Waals surface area contributed by atoms with Crippen LogP contribution in [0.4, 0.5) is 5.82 Å². The van der Waals surface area contributed by atoms with Crippen LogP contribution in [-0.4, -0.2) is 76.5 Å². The third-order valence-corrected chi connectivity index (χ3v) is 11.1. The Labute approximate surface area is 234 Å². The van der Waals surface area contributed by atoms with Crippen molar-refractivity contribution in [3.05, 3.63) is 60.1 Å². The quantitative estimate of drug-likeness (QED) is 0.281. The summed E-state index contributed by atoms with van der Waals surface area (Å²) in [7, 11) is -3.56. The molecule has 0 bridgehead atoms. The minimum Gasteiger partial charge on any atom is -0.365 e. The number of pyridine rings is 1. The predicted octanol–water partition coefficient (Wildman–Crippen LogP) is 4.59. The van der Waals surface area contributed by atoms with Crippen LogP contribution >= 0.6 is 22.7 Å². The van der Waals surface area contributed by atoms with Gasteiger partial charge in [-0.05, 0) is 32.0 Å². The first kappa shape index (κ1) is 26.0. The molecule has 0 saturated carbocycles. The number of nitrogens with zero attached hydrogens (tertiary/aromatic N) is 6. The number of anilines is 1. The van der Waals surface area contributed by atoms with E-state index in [1.165, 1.54) is 11.3 Å². The number of thiophene rings is 2. The van der Waals surface area contributed by atoms with E-state index in [-0.39, 0.29) is 6.04 Å². The fourth-order valence-electron chi connectivity index (χ4n) is 4.70. The lowest BCUT2D eigenvalue weighted by molar-refractivity contribution is 0.184. The Morgan fingerprint density at radius 3 is 2.74 bits per heavy atom. The number of aryl methyl sites for hydroxylation is 1. The van der Waals surface area contributed by atoms with Crippen molar-refractivity contribution in [2.24, 2.45) is 0 Å². The second kappa shape index (κ2) is 10.7. The SMILES string of the molecule is Cc1cc(-c2ccc(S(=O)(=O)N3CCN(C[C@H](C)Nc4ncnc5c(-c6cccnc6)csc45)CC3)s2)on1. The summed E-state index contributed by atoms with van der Waals surface area (Å²) in [5.41, 5.74) is 3.75. The maximum absolute atomic E-state index is 13.3. The van der Waals surface area contributed by atoms with Gasteiger partial charge in [0.25, 0.3) is 10.0 Å². The normalized spacial score (nSPS) is 16.1. The lowest BCUT2D eigenvalue weighted by atomic mass is 10.1. The van der Waals surface area contributed by atoms with Crippen LogP contribution in [0.2, 0.25) is 0 Å². The van der Waals surface area contributed by atoms with Crippen molar-refractivity contribution >= 4 is 48.7 Å². The highest BCUT2D eigenvalue weighted by Gasteiger charge is 2.30. The molecule has 1 aliphatic rings. The average molecular weight is 582 g/mol. The zero-order valence-electron chi connectivity index (χ0n) is 21.4. The van der Waals surface area contributed by atoms with E-state index in [0.29, 0.717) is 36.1 Å². The number of hydrogen-bond donors (Lipinski definition) is 1. The molecule has 0 aromatic carbocycles. The number of piperazine rings is 1. The molecule has 13 heteroatoms. The number of sulfonamides is 1. The van der Waals surface area contributed by atoms with E-state index in [1.54, 1.807) is 46.4 Å². The fourth-order valence-corrected chi connectivity index (χ4v) is 8.51. The maximum Gasteiger partial charge on any atom is 0.252 e. The highest BCUT2D eigenvalue weighted by atomic mass is 32.2. The van der Waals surface area contributed by atoms with Gasteiger partial charge in [-0.15, -0.1) is 22.7 Å². The first-order valence-electron chi connectivity index (χ1n) is 12.5. The van der Waals surface area contributed by atoms with E-state index in [0.717, 1.165) is 44.3 Å². The number of rotatable bonds is 8. The molecule has 39 heavy (non-hydrogen) atoms. The fraction of sp³-hybridized carbons (Fsp3) is 0.308. The molecule has 0 spiro atoms. The van der Waals surface area contributed by atoms with Crippen molar-refractivity contribution in [2.75, 3.05) is 38.0 Å². The van der Waals surface area contributed by atoms with Crippen LogP contribution in [0.15, 0.2) is 63.2 Å². The van der Waals surface area contributed by atoms with Gasteiger partial charge >= 0.3 is 0 Å². The second-order valence-electron chi connectivity index (χ2n) is 9.49. The molecule has 202 valence electrons. The Kier molecular flexibility index (Phi) is 7.16.